The molecule has 1 saturated heterocycles. The summed E-state index contributed by atoms with van der Waals surface area (Å²) in [7, 11) is 0. The molecule has 1 atom stereocenters. The zero-order valence-electron chi connectivity index (χ0n) is 16.2. The molecule has 1 aliphatic rings. The molecule has 4 nitrogen and oxygen atoms in total. The molecule has 0 saturated carbocycles. The molecule has 27 heavy (non-hydrogen) atoms. The summed E-state index contributed by atoms with van der Waals surface area (Å²) in [4.78, 5) is 14.5. The second-order valence-electron chi connectivity index (χ2n) is 7.24. The first kappa shape index (κ1) is 20.7. The molecule has 1 aromatic carbocycles. The molecule has 2 heterocycles. The minimum atomic E-state index is 0.224. The number of nitrogens with zero attached hydrogens (tertiary/aromatic N) is 3. The number of thioether (sulfide) groups is 2. The van der Waals surface area contributed by atoms with E-state index in [0.717, 1.165) is 33.8 Å². The van der Waals surface area contributed by atoms with Gasteiger partial charge in [-0.1, -0.05) is 73.0 Å². The van der Waals surface area contributed by atoms with Crippen LogP contribution in [0.1, 0.15) is 57.1 Å². The Balaban J connectivity index is 1.46. The lowest BCUT2D eigenvalue weighted by Gasteiger charge is -2.33. The van der Waals surface area contributed by atoms with Crippen molar-refractivity contribution in [3.63, 3.8) is 0 Å². The van der Waals surface area contributed by atoms with E-state index in [2.05, 4.69) is 55.2 Å². The van der Waals surface area contributed by atoms with Gasteiger partial charge in [0.15, 0.2) is 8.68 Å². The maximum absolute atomic E-state index is 12.4. The van der Waals surface area contributed by atoms with Gasteiger partial charge in [-0.15, -0.1) is 10.2 Å². The fraction of sp³-hybridized carbons (Fsp3) is 0.550. The maximum atomic E-state index is 12.4. The Morgan fingerprint density at radius 2 is 1.89 bits per heavy atom. The van der Waals surface area contributed by atoms with Crippen LogP contribution in [0, 0.1) is 0 Å². The average molecular weight is 422 g/mol. The predicted octanol–water partition coefficient (Wildman–Crippen LogP) is 5.45. The summed E-state index contributed by atoms with van der Waals surface area (Å²) in [5, 5.41) is 8.51. The van der Waals surface area contributed by atoms with E-state index in [0.29, 0.717) is 17.7 Å². The third-order valence-electron chi connectivity index (χ3n) is 4.84. The van der Waals surface area contributed by atoms with Gasteiger partial charge < -0.3 is 4.90 Å². The first-order valence-corrected chi connectivity index (χ1v) is 12.3. The van der Waals surface area contributed by atoms with E-state index in [-0.39, 0.29) is 5.91 Å². The van der Waals surface area contributed by atoms with Crippen molar-refractivity contribution >= 4 is 40.8 Å². The van der Waals surface area contributed by atoms with Crippen molar-refractivity contribution in [1.29, 1.82) is 0 Å². The number of hydrogen-bond acceptors (Lipinski definition) is 6. The van der Waals surface area contributed by atoms with Crippen molar-refractivity contribution in [2.24, 2.45) is 0 Å². The van der Waals surface area contributed by atoms with Gasteiger partial charge >= 0.3 is 0 Å². The molecule has 0 spiro atoms. The zero-order chi connectivity index (χ0) is 19.2. The molecule has 146 valence electrons. The van der Waals surface area contributed by atoms with Crippen LogP contribution in [0.25, 0.3) is 0 Å². The minimum Gasteiger partial charge on any atom is -0.339 e. The molecule has 1 fully saturated rings. The fourth-order valence-electron chi connectivity index (χ4n) is 3.13. The zero-order valence-corrected chi connectivity index (χ0v) is 18.6. The second-order valence-corrected chi connectivity index (χ2v) is 10.7. The average Bonchev–Trinajstić information content (AvgIpc) is 3.13. The van der Waals surface area contributed by atoms with Gasteiger partial charge in [0.1, 0.15) is 0 Å². The highest BCUT2D eigenvalue weighted by atomic mass is 32.2. The van der Waals surface area contributed by atoms with Gasteiger partial charge in [-0.2, -0.15) is 0 Å². The largest absolute Gasteiger partial charge is 0.339 e. The molecule has 0 N–H and O–H groups in total. The monoisotopic (exact) mass is 421 g/mol. The maximum Gasteiger partial charge on any atom is 0.233 e. The summed E-state index contributed by atoms with van der Waals surface area (Å²) in [5.41, 5.74) is 2.66. The minimum absolute atomic E-state index is 0.224. The van der Waals surface area contributed by atoms with Crippen LogP contribution < -0.4 is 0 Å². The molecule has 2 aromatic rings. The predicted molar refractivity (Wildman–Crippen MR) is 116 cm³/mol. The number of benzene rings is 1. The molecule has 1 amide bonds. The molecule has 1 aromatic heterocycles. The van der Waals surface area contributed by atoms with Gasteiger partial charge in [0, 0.05) is 18.3 Å². The Bertz CT molecular complexity index is 745. The first-order valence-electron chi connectivity index (χ1n) is 9.50. The summed E-state index contributed by atoms with van der Waals surface area (Å²) in [6.45, 7) is 7.46. The summed E-state index contributed by atoms with van der Waals surface area (Å²) in [5.74, 6) is 2.13. The number of likely N-dealkylation sites (tertiary alicyclic amines) is 1. The fourth-order valence-corrected chi connectivity index (χ4v) is 5.99. The molecule has 1 unspecified atom stereocenters. The summed E-state index contributed by atoms with van der Waals surface area (Å²) >= 11 is 4.80. The van der Waals surface area contributed by atoms with E-state index in [1.807, 2.05) is 4.90 Å². The molecular formula is C20H27N3OS3. The van der Waals surface area contributed by atoms with E-state index in [1.165, 1.54) is 29.3 Å². The van der Waals surface area contributed by atoms with Crippen LogP contribution in [0.5, 0.6) is 0 Å². The molecule has 1 aliphatic heterocycles. The van der Waals surface area contributed by atoms with Crippen molar-refractivity contribution in [2.45, 2.75) is 66.4 Å². The number of carbonyl (C=O) groups is 1. The number of hydrogen-bond donors (Lipinski definition) is 0. The number of rotatable bonds is 7. The molecule has 0 aliphatic carbocycles. The lowest BCUT2D eigenvalue weighted by atomic mass is 10.0. The van der Waals surface area contributed by atoms with Gasteiger partial charge in [0.2, 0.25) is 5.91 Å². The van der Waals surface area contributed by atoms with E-state index < -0.39 is 0 Å². The normalized spacial score (nSPS) is 17.5. The van der Waals surface area contributed by atoms with Crippen LogP contribution in [0.3, 0.4) is 0 Å². The number of piperidine rings is 1. The van der Waals surface area contributed by atoms with E-state index in [4.69, 9.17) is 0 Å². The molecule has 0 bridgehead atoms. The quantitative estimate of drug-likeness (QED) is 0.557. The van der Waals surface area contributed by atoms with E-state index in [1.54, 1.807) is 23.1 Å². The summed E-state index contributed by atoms with van der Waals surface area (Å²) in [6, 6.07) is 9.16. The Labute approximate surface area is 174 Å². The van der Waals surface area contributed by atoms with Gasteiger partial charge in [0.05, 0.1) is 5.75 Å². The highest BCUT2D eigenvalue weighted by molar-refractivity contribution is 8.03. The van der Waals surface area contributed by atoms with Crippen molar-refractivity contribution < 1.29 is 4.79 Å². The number of amides is 1. The smallest absolute Gasteiger partial charge is 0.233 e. The lowest BCUT2D eigenvalue weighted by Crippen LogP contribution is -2.42. The third kappa shape index (κ3) is 5.96. The molecule has 0 radical (unpaired) electrons. The van der Waals surface area contributed by atoms with E-state index in [9.17, 15) is 4.79 Å². The molecule has 7 heteroatoms. The van der Waals surface area contributed by atoms with Crippen molar-refractivity contribution in [3.05, 3.63) is 35.4 Å². The van der Waals surface area contributed by atoms with Gasteiger partial charge in [-0.25, -0.2) is 0 Å². The SMILES string of the molecule is CC(C)c1ccc(CSc2nnc(SCC(=O)N3CCCCC3C)s2)cc1. The Morgan fingerprint density at radius 3 is 2.56 bits per heavy atom. The van der Waals surface area contributed by atoms with Crippen LogP contribution in [-0.4, -0.2) is 39.3 Å². The van der Waals surface area contributed by atoms with Gasteiger partial charge in [0.25, 0.3) is 0 Å². The van der Waals surface area contributed by atoms with Crippen LogP contribution in [0.15, 0.2) is 32.9 Å². The Morgan fingerprint density at radius 1 is 1.19 bits per heavy atom. The van der Waals surface area contributed by atoms with Crippen LogP contribution >= 0.6 is 34.9 Å². The van der Waals surface area contributed by atoms with Crippen LogP contribution in [-0.2, 0) is 10.5 Å². The second kappa shape index (κ2) is 9.94. The van der Waals surface area contributed by atoms with E-state index >= 15 is 0 Å². The lowest BCUT2D eigenvalue weighted by molar-refractivity contribution is -0.131. The van der Waals surface area contributed by atoms with Crippen molar-refractivity contribution in [1.82, 2.24) is 15.1 Å². The van der Waals surface area contributed by atoms with Gasteiger partial charge in [-0.3, -0.25) is 4.79 Å². The van der Waals surface area contributed by atoms with Crippen LogP contribution in [0.2, 0.25) is 0 Å². The Hall–Kier alpha value is -1.05. The topological polar surface area (TPSA) is 46.1 Å². The molecule has 3 rings (SSSR count). The molecular weight excluding hydrogens is 394 g/mol. The van der Waals surface area contributed by atoms with Gasteiger partial charge in [-0.05, 0) is 43.2 Å². The summed E-state index contributed by atoms with van der Waals surface area (Å²) in [6.07, 6.45) is 3.47. The Kier molecular flexibility index (Phi) is 7.61. The third-order valence-corrected chi connectivity index (χ3v) is 8.08. The van der Waals surface area contributed by atoms with Crippen LogP contribution in [0.4, 0.5) is 0 Å². The van der Waals surface area contributed by atoms with Crippen molar-refractivity contribution in [3.8, 4) is 0 Å². The number of aromatic nitrogens is 2. The summed E-state index contributed by atoms with van der Waals surface area (Å²) < 4.78 is 1.84. The highest BCUT2D eigenvalue weighted by Gasteiger charge is 2.23. The highest BCUT2D eigenvalue weighted by Crippen LogP contribution is 2.31. The van der Waals surface area contributed by atoms with Crippen molar-refractivity contribution in [2.75, 3.05) is 12.3 Å². The standard InChI is InChI=1S/C20H27N3OS3/c1-14(2)17-9-7-16(8-10-17)12-25-19-21-22-20(27-19)26-13-18(24)23-11-5-4-6-15(23)3/h7-10,14-15H,4-6,11-13H2,1-3H3. The number of carbonyl (C=O) groups excluding carboxylic acids is 1. The first-order chi connectivity index (χ1) is 13.0.